The van der Waals surface area contributed by atoms with Gasteiger partial charge in [-0.3, -0.25) is 4.79 Å². The van der Waals surface area contributed by atoms with Crippen molar-refractivity contribution in [1.29, 1.82) is 0 Å². The summed E-state index contributed by atoms with van der Waals surface area (Å²) in [7, 11) is 0. The van der Waals surface area contributed by atoms with Gasteiger partial charge in [0.2, 0.25) is 0 Å². The van der Waals surface area contributed by atoms with Gasteiger partial charge in [-0.15, -0.1) is 11.6 Å². The van der Waals surface area contributed by atoms with Crippen molar-refractivity contribution in [2.45, 2.75) is 13.3 Å². The molecule has 0 radical (unpaired) electrons. The lowest BCUT2D eigenvalue weighted by molar-refractivity contribution is 0.0765. The number of nitrogens with zero attached hydrogens (tertiary/aromatic N) is 1. The quantitative estimate of drug-likeness (QED) is 0.757. The predicted molar refractivity (Wildman–Crippen MR) is 80.9 cm³/mol. The Morgan fingerprint density at radius 2 is 1.84 bits per heavy atom. The number of hydrogen-bond acceptors (Lipinski definition) is 1. The van der Waals surface area contributed by atoms with Gasteiger partial charge in [-0.1, -0.05) is 37.3 Å². The summed E-state index contributed by atoms with van der Waals surface area (Å²) >= 11 is 5.76. The van der Waals surface area contributed by atoms with Crippen LogP contribution in [0.1, 0.15) is 23.7 Å². The number of hydrogen-bond donors (Lipinski definition) is 0. The van der Waals surface area contributed by atoms with Gasteiger partial charge in [0.15, 0.2) is 0 Å². The topological polar surface area (TPSA) is 20.3 Å². The van der Waals surface area contributed by atoms with Crippen LogP contribution in [0.4, 0.5) is 0 Å². The largest absolute Gasteiger partial charge is 0.337 e. The van der Waals surface area contributed by atoms with Crippen molar-refractivity contribution in [2.24, 2.45) is 0 Å². The highest BCUT2D eigenvalue weighted by atomic mass is 35.5. The van der Waals surface area contributed by atoms with E-state index in [4.69, 9.17) is 11.6 Å². The van der Waals surface area contributed by atoms with Crippen molar-refractivity contribution in [3.63, 3.8) is 0 Å². The predicted octanol–water partition coefficient (Wildman–Crippen LogP) is 3.93. The van der Waals surface area contributed by atoms with Gasteiger partial charge in [-0.05, 0) is 29.3 Å². The molecule has 0 N–H and O–H groups in total. The molecule has 0 aromatic heterocycles. The van der Waals surface area contributed by atoms with E-state index in [9.17, 15) is 4.79 Å². The molecule has 0 saturated carbocycles. The Kier molecular flexibility index (Phi) is 4.80. The Balaban J connectivity index is 2.29. The van der Waals surface area contributed by atoms with Crippen LogP contribution in [0.3, 0.4) is 0 Å². The minimum absolute atomic E-state index is 0.0632. The van der Waals surface area contributed by atoms with Gasteiger partial charge in [0, 0.05) is 24.5 Å². The smallest absolute Gasteiger partial charge is 0.253 e. The van der Waals surface area contributed by atoms with Crippen LogP contribution >= 0.6 is 11.6 Å². The Morgan fingerprint density at radius 3 is 2.53 bits per heavy atom. The van der Waals surface area contributed by atoms with Gasteiger partial charge >= 0.3 is 0 Å². The molecule has 0 aliphatic heterocycles. The van der Waals surface area contributed by atoms with E-state index in [1.807, 2.05) is 47.4 Å². The molecule has 0 saturated heterocycles. The maximum absolute atomic E-state index is 12.4. The van der Waals surface area contributed by atoms with Gasteiger partial charge in [0.25, 0.3) is 5.91 Å². The lowest BCUT2D eigenvalue weighted by Gasteiger charge is -2.21. The second-order valence-electron chi connectivity index (χ2n) is 4.54. The second-order valence-corrected chi connectivity index (χ2v) is 4.92. The molecule has 0 heterocycles. The minimum Gasteiger partial charge on any atom is -0.337 e. The molecule has 0 aliphatic rings. The molecule has 0 unspecified atom stereocenters. The first-order valence-electron chi connectivity index (χ1n) is 6.60. The third-order valence-electron chi connectivity index (χ3n) is 3.13. The molecule has 100 valence electrons. The van der Waals surface area contributed by atoms with Gasteiger partial charge < -0.3 is 4.90 Å². The normalized spacial score (nSPS) is 10.6. The monoisotopic (exact) mass is 275 g/mol. The van der Waals surface area contributed by atoms with Gasteiger partial charge in [0.05, 0.1) is 0 Å². The number of fused-ring (bicyclic) bond motifs is 1. The number of carbonyl (C=O) groups is 1. The lowest BCUT2D eigenvalue weighted by Crippen LogP contribution is -2.33. The first kappa shape index (κ1) is 13.9. The molecule has 0 bridgehead atoms. The van der Waals surface area contributed by atoms with Crippen LogP contribution in [-0.2, 0) is 0 Å². The lowest BCUT2D eigenvalue weighted by atomic mass is 10.1. The van der Waals surface area contributed by atoms with E-state index in [0.29, 0.717) is 12.4 Å². The summed E-state index contributed by atoms with van der Waals surface area (Å²) in [5, 5.41) is 2.24. The van der Waals surface area contributed by atoms with E-state index < -0.39 is 0 Å². The summed E-state index contributed by atoms with van der Waals surface area (Å²) in [6.45, 7) is 3.41. The van der Waals surface area contributed by atoms with E-state index in [1.54, 1.807) is 0 Å². The van der Waals surface area contributed by atoms with Gasteiger partial charge in [-0.2, -0.15) is 0 Å². The molecule has 2 aromatic carbocycles. The summed E-state index contributed by atoms with van der Waals surface area (Å²) in [6.07, 6.45) is 0.941. The first-order valence-corrected chi connectivity index (χ1v) is 7.13. The van der Waals surface area contributed by atoms with E-state index >= 15 is 0 Å². The van der Waals surface area contributed by atoms with E-state index in [0.717, 1.165) is 29.3 Å². The fourth-order valence-corrected chi connectivity index (χ4v) is 2.40. The zero-order valence-electron chi connectivity index (χ0n) is 11.1. The van der Waals surface area contributed by atoms with Crippen LogP contribution in [0.15, 0.2) is 42.5 Å². The van der Waals surface area contributed by atoms with Crippen molar-refractivity contribution < 1.29 is 4.79 Å². The average Bonchev–Trinajstić information content (AvgIpc) is 2.46. The number of alkyl halides is 1. The van der Waals surface area contributed by atoms with E-state index in [2.05, 4.69) is 6.92 Å². The van der Waals surface area contributed by atoms with Gasteiger partial charge in [-0.25, -0.2) is 0 Å². The van der Waals surface area contributed by atoms with Crippen LogP contribution in [0.25, 0.3) is 10.8 Å². The SMILES string of the molecule is CCCN(CCCl)C(=O)c1ccc2ccccc2c1. The maximum atomic E-state index is 12.4. The number of benzene rings is 2. The molecular formula is C16H18ClNO. The van der Waals surface area contributed by atoms with Crippen LogP contribution < -0.4 is 0 Å². The Hall–Kier alpha value is -1.54. The highest BCUT2D eigenvalue weighted by Crippen LogP contribution is 2.17. The minimum atomic E-state index is 0.0632. The molecular weight excluding hydrogens is 258 g/mol. The molecule has 2 nitrogen and oxygen atoms in total. The van der Waals surface area contributed by atoms with Crippen LogP contribution in [0.5, 0.6) is 0 Å². The van der Waals surface area contributed by atoms with Crippen LogP contribution in [-0.4, -0.2) is 29.8 Å². The average molecular weight is 276 g/mol. The third kappa shape index (κ3) is 3.27. The van der Waals surface area contributed by atoms with Crippen molar-refractivity contribution in [1.82, 2.24) is 4.90 Å². The number of rotatable bonds is 5. The fourth-order valence-electron chi connectivity index (χ4n) is 2.19. The highest BCUT2D eigenvalue weighted by molar-refractivity contribution is 6.18. The first-order chi connectivity index (χ1) is 9.26. The Morgan fingerprint density at radius 1 is 1.11 bits per heavy atom. The van der Waals surface area contributed by atoms with Gasteiger partial charge in [0.1, 0.15) is 0 Å². The zero-order chi connectivity index (χ0) is 13.7. The van der Waals surface area contributed by atoms with Crippen molar-refractivity contribution in [3.05, 3.63) is 48.0 Å². The third-order valence-corrected chi connectivity index (χ3v) is 3.30. The van der Waals surface area contributed by atoms with Crippen molar-refractivity contribution in [2.75, 3.05) is 19.0 Å². The molecule has 2 rings (SSSR count). The van der Waals surface area contributed by atoms with E-state index in [-0.39, 0.29) is 5.91 Å². The van der Waals surface area contributed by atoms with Crippen LogP contribution in [0, 0.1) is 0 Å². The number of halogens is 1. The molecule has 0 fully saturated rings. The molecule has 2 aromatic rings. The van der Waals surface area contributed by atoms with Crippen molar-refractivity contribution in [3.8, 4) is 0 Å². The van der Waals surface area contributed by atoms with Crippen LogP contribution in [0.2, 0.25) is 0 Å². The fraction of sp³-hybridized carbons (Fsp3) is 0.312. The standard InChI is InChI=1S/C16H18ClNO/c1-2-10-18(11-9-17)16(19)15-8-7-13-5-3-4-6-14(13)12-15/h3-8,12H,2,9-11H2,1H3. The summed E-state index contributed by atoms with van der Waals surface area (Å²) in [5.41, 5.74) is 0.734. The summed E-state index contributed by atoms with van der Waals surface area (Å²) < 4.78 is 0. The van der Waals surface area contributed by atoms with E-state index in [1.165, 1.54) is 0 Å². The number of carbonyl (C=O) groups excluding carboxylic acids is 1. The van der Waals surface area contributed by atoms with Crippen molar-refractivity contribution >= 4 is 28.3 Å². The Labute approximate surface area is 119 Å². The summed E-state index contributed by atoms with van der Waals surface area (Å²) in [6, 6.07) is 13.9. The second kappa shape index (κ2) is 6.58. The summed E-state index contributed by atoms with van der Waals surface area (Å²) in [4.78, 5) is 14.3. The highest BCUT2D eigenvalue weighted by Gasteiger charge is 2.14. The zero-order valence-corrected chi connectivity index (χ0v) is 11.9. The molecule has 0 spiro atoms. The number of amides is 1. The summed E-state index contributed by atoms with van der Waals surface area (Å²) in [5.74, 6) is 0.535. The molecule has 0 aliphatic carbocycles. The maximum Gasteiger partial charge on any atom is 0.253 e. The molecule has 0 atom stereocenters. The molecule has 1 amide bonds. The Bertz CT molecular complexity index is 561. The molecule has 3 heteroatoms. The molecule has 19 heavy (non-hydrogen) atoms.